The average Bonchev–Trinajstić information content (AvgIpc) is 1.69. The Kier molecular flexibility index (Phi) is 18.5. The number of fused-ring (bicyclic) bond motifs is 15. The Labute approximate surface area is 748 Å². The van der Waals surface area contributed by atoms with Gasteiger partial charge in [-0.15, -0.1) is 0 Å². The van der Waals surface area contributed by atoms with Crippen LogP contribution < -0.4 is 9.80 Å². The van der Waals surface area contributed by atoms with Crippen LogP contribution in [0.15, 0.2) is 482 Å². The highest BCUT2D eigenvalue weighted by Gasteiger charge is 2.36. The first-order valence-electron chi connectivity index (χ1n) is 44.3. The molecular weight excluding hydrogens is 1570 g/mol. The van der Waals surface area contributed by atoms with Crippen LogP contribution in [0.1, 0.15) is 25.0 Å². The summed E-state index contributed by atoms with van der Waals surface area (Å²) in [5.74, 6) is 0. The molecule has 6 heteroatoms. The maximum Gasteiger partial charge on any atom is 0.143 e. The van der Waals surface area contributed by atoms with E-state index < -0.39 is 0 Å². The van der Waals surface area contributed by atoms with Gasteiger partial charge < -0.3 is 27.8 Å². The van der Waals surface area contributed by atoms with Gasteiger partial charge in [-0.3, -0.25) is 0 Å². The van der Waals surface area contributed by atoms with Crippen LogP contribution in [0.3, 0.4) is 0 Å². The van der Waals surface area contributed by atoms with Crippen molar-refractivity contribution in [3.8, 4) is 100 Å². The number of rotatable bonds is 15. The summed E-state index contributed by atoms with van der Waals surface area (Å²) in [7, 11) is 0. The van der Waals surface area contributed by atoms with E-state index in [0.29, 0.717) is 0 Å². The maximum absolute atomic E-state index is 6.40. The van der Waals surface area contributed by atoms with Crippen LogP contribution in [0.25, 0.3) is 188 Å². The minimum atomic E-state index is -0.106. The van der Waals surface area contributed by atoms with Gasteiger partial charge in [-0.1, -0.05) is 341 Å². The molecule has 24 aromatic rings. The molecule has 0 fully saturated rings. The largest absolute Gasteiger partial charge is 0.455 e. The Hall–Kier alpha value is -16.8. The van der Waals surface area contributed by atoms with Gasteiger partial charge in [0.05, 0.1) is 22.1 Å². The van der Waals surface area contributed by atoms with Crippen molar-refractivity contribution >= 4 is 122 Å². The first kappa shape index (κ1) is 75.9. The molecule has 0 spiro atoms. The lowest BCUT2D eigenvalue weighted by atomic mass is 9.82. The molecule has 4 heterocycles. The number of hydrogen-bond acceptors (Lipinski definition) is 4. The standard InChI is InChI=1S/C63H44N2O.C60H40N2O/c1-63(2)57-20-9-6-15-51(57)52-37-36-49(40-58(52)63)64(46-30-23-42(24-31-46)41-13-4-3-5-14-41)47-32-25-43(26-33-47)45-29-38-60-56(39-45)53-16-7-10-21-59(53)65(60)48-34-27-44(28-35-48)50-18-12-19-55-54-17-8-11-22-61(54)66-62(50)55;1-3-12-41(13-4-1)42-22-24-43(25-23-42)44-26-33-49(34-27-44)61(48-14-5-2-6-15-48)50-35-28-45(29-36-50)47-32-39-58-56(40-47)53-16-7-9-20-57(53)62(58)51-37-30-46(31-38-51)52-18-11-19-55-54-17-8-10-21-59(54)63-60(52)55/h3-40H,1-2H3;1-40H. The van der Waals surface area contributed by atoms with E-state index >= 15 is 0 Å². The van der Waals surface area contributed by atoms with Gasteiger partial charge in [0.25, 0.3) is 0 Å². The number of aromatic nitrogens is 2. The number of anilines is 6. The minimum Gasteiger partial charge on any atom is -0.455 e. The zero-order valence-electron chi connectivity index (χ0n) is 71.1. The second kappa shape index (κ2) is 31.5. The smallest absolute Gasteiger partial charge is 0.143 e. The molecule has 0 unspecified atom stereocenters. The fraction of sp³-hybridized carbons (Fsp3) is 0.0244. The second-order valence-electron chi connectivity index (χ2n) is 34.2. The number of furan rings is 2. The van der Waals surface area contributed by atoms with Crippen molar-refractivity contribution in [2.75, 3.05) is 9.80 Å². The van der Waals surface area contributed by atoms with Crippen molar-refractivity contribution < 1.29 is 8.83 Å². The van der Waals surface area contributed by atoms with Crippen molar-refractivity contribution in [2.45, 2.75) is 19.3 Å². The predicted octanol–water partition coefficient (Wildman–Crippen LogP) is 34.3. The van der Waals surface area contributed by atoms with Crippen LogP contribution in [0.2, 0.25) is 0 Å². The van der Waals surface area contributed by atoms with Gasteiger partial charge in [0.15, 0.2) is 0 Å². The lowest BCUT2D eigenvalue weighted by Gasteiger charge is -2.28. The predicted molar refractivity (Wildman–Crippen MR) is 541 cm³/mol. The summed E-state index contributed by atoms with van der Waals surface area (Å²) in [5, 5.41) is 9.48. The maximum atomic E-state index is 6.40. The highest BCUT2D eigenvalue weighted by molar-refractivity contribution is 6.14. The Balaban J connectivity index is 0.000000143. The molecule has 0 saturated carbocycles. The van der Waals surface area contributed by atoms with Crippen LogP contribution in [0.5, 0.6) is 0 Å². The molecular formula is C123H84N4O2. The van der Waals surface area contributed by atoms with Crippen LogP contribution in [0, 0.1) is 0 Å². The van der Waals surface area contributed by atoms with E-state index in [1.807, 2.05) is 24.3 Å². The molecule has 0 N–H and O–H groups in total. The minimum absolute atomic E-state index is 0.106. The Morgan fingerprint density at radius 2 is 0.481 bits per heavy atom. The zero-order valence-corrected chi connectivity index (χ0v) is 71.1. The molecule has 0 saturated heterocycles. The highest BCUT2D eigenvalue weighted by Crippen LogP contribution is 2.52. The molecule has 0 aliphatic heterocycles. The third kappa shape index (κ3) is 13.3. The average molecular weight is 1650 g/mol. The number of benzene rings is 20. The van der Waals surface area contributed by atoms with Crippen LogP contribution in [-0.2, 0) is 5.41 Å². The van der Waals surface area contributed by atoms with E-state index in [-0.39, 0.29) is 5.41 Å². The molecule has 6 nitrogen and oxygen atoms in total. The molecule has 608 valence electrons. The molecule has 4 aromatic heterocycles. The van der Waals surface area contributed by atoms with Gasteiger partial charge in [0.2, 0.25) is 0 Å². The van der Waals surface area contributed by atoms with Crippen LogP contribution in [-0.4, -0.2) is 9.13 Å². The van der Waals surface area contributed by atoms with Crippen LogP contribution in [0.4, 0.5) is 34.1 Å². The lowest BCUT2D eigenvalue weighted by molar-refractivity contribution is 0.660. The van der Waals surface area contributed by atoms with Gasteiger partial charge in [0, 0.05) is 105 Å². The first-order chi connectivity index (χ1) is 63.7. The van der Waals surface area contributed by atoms with Gasteiger partial charge in [0.1, 0.15) is 22.3 Å². The Morgan fingerprint density at radius 3 is 0.922 bits per heavy atom. The first-order valence-corrected chi connectivity index (χ1v) is 44.3. The molecule has 0 radical (unpaired) electrons. The quantitative estimate of drug-likeness (QED) is 0.103. The molecule has 129 heavy (non-hydrogen) atoms. The Bertz CT molecular complexity index is 8380. The molecule has 20 aromatic carbocycles. The zero-order chi connectivity index (χ0) is 85.6. The summed E-state index contributed by atoms with van der Waals surface area (Å²) in [6.07, 6.45) is 0. The number of nitrogens with zero attached hydrogens (tertiary/aromatic N) is 4. The Morgan fingerprint density at radius 1 is 0.186 bits per heavy atom. The molecule has 1 aliphatic carbocycles. The summed E-state index contributed by atoms with van der Waals surface area (Å²) in [6.45, 7) is 4.70. The SMILES string of the molecule is CC1(C)c2ccccc2-c2ccc(N(c3ccc(-c4ccccc4)cc3)c3ccc(-c4ccc5c(c4)c4ccccc4n5-c4ccc(-c5cccc6c5oc5ccccc56)cc4)cc3)cc21.c1ccc(-c2ccc(-c3ccc(N(c4ccccc4)c4ccc(-c5ccc6c(c5)c5ccccc5n6-c5ccc(-c6cccc7c6oc6ccccc67)cc5)cc4)cc3)cc2)cc1. The second-order valence-corrected chi connectivity index (χ2v) is 34.2. The summed E-state index contributed by atoms with van der Waals surface area (Å²) in [6, 6.07) is 171. The fourth-order valence-corrected chi connectivity index (χ4v) is 20.0. The third-order valence-corrected chi connectivity index (χ3v) is 26.5. The third-order valence-electron chi connectivity index (χ3n) is 26.5. The van der Waals surface area contributed by atoms with Crippen molar-refractivity contribution in [1.82, 2.24) is 9.13 Å². The van der Waals surface area contributed by atoms with Crippen LogP contribution >= 0.6 is 0 Å². The summed E-state index contributed by atoms with van der Waals surface area (Å²) < 4.78 is 17.6. The fourth-order valence-electron chi connectivity index (χ4n) is 20.0. The molecule has 0 atom stereocenters. The van der Waals surface area contributed by atoms with Gasteiger partial charge >= 0.3 is 0 Å². The monoisotopic (exact) mass is 1650 g/mol. The van der Waals surface area contributed by atoms with Crippen molar-refractivity contribution in [2.24, 2.45) is 0 Å². The molecule has 0 bridgehead atoms. The van der Waals surface area contributed by atoms with E-state index in [1.54, 1.807) is 0 Å². The number of hydrogen-bond donors (Lipinski definition) is 0. The van der Waals surface area contributed by atoms with Gasteiger partial charge in [-0.25, -0.2) is 0 Å². The van der Waals surface area contributed by atoms with Gasteiger partial charge in [-0.2, -0.15) is 0 Å². The highest BCUT2D eigenvalue weighted by atomic mass is 16.3. The molecule has 0 amide bonds. The lowest BCUT2D eigenvalue weighted by Crippen LogP contribution is -2.16. The van der Waals surface area contributed by atoms with Crippen molar-refractivity contribution in [3.63, 3.8) is 0 Å². The summed E-state index contributed by atoms with van der Waals surface area (Å²) >= 11 is 0. The van der Waals surface area contributed by atoms with E-state index in [2.05, 4.69) is 482 Å². The topological polar surface area (TPSA) is 42.6 Å². The molecule has 25 rings (SSSR count). The normalized spacial score (nSPS) is 12.2. The van der Waals surface area contributed by atoms with Crippen molar-refractivity contribution in [1.29, 1.82) is 0 Å². The van der Waals surface area contributed by atoms with E-state index in [4.69, 9.17) is 8.83 Å². The van der Waals surface area contributed by atoms with E-state index in [9.17, 15) is 0 Å². The summed E-state index contributed by atoms with van der Waals surface area (Å²) in [4.78, 5) is 4.72. The molecule has 1 aliphatic rings. The van der Waals surface area contributed by atoms with Gasteiger partial charge in [-0.05, 0) is 235 Å². The van der Waals surface area contributed by atoms with E-state index in [1.165, 1.54) is 122 Å². The number of para-hydroxylation sites is 7. The van der Waals surface area contributed by atoms with E-state index in [0.717, 1.165) is 112 Å². The summed E-state index contributed by atoms with van der Waals surface area (Å²) in [5.41, 5.74) is 39.0. The van der Waals surface area contributed by atoms with Crippen molar-refractivity contribution in [3.05, 3.63) is 484 Å².